The van der Waals surface area contributed by atoms with E-state index in [2.05, 4.69) is 27.2 Å². The van der Waals surface area contributed by atoms with Gasteiger partial charge in [-0.15, -0.1) is 0 Å². The fourth-order valence-corrected chi connectivity index (χ4v) is 4.10. The molecule has 6 nitrogen and oxygen atoms in total. The van der Waals surface area contributed by atoms with Gasteiger partial charge in [-0.2, -0.15) is 0 Å². The Morgan fingerprint density at radius 1 is 1.03 bits per heavy atom. The fourth-order valence-electron chi connectivity index (χ4n) is 4.10. The predicted octanol–water partition coefficient (Wildman–Crippen LogP) is 3.24. The number of ether oxygens (including phenoxy) is 2. The van der Waals surface area contributed by atoms with Crippen LogP contribution in [0.2, 0.25) is 0 Å². The van der Waals surface area contributed by atoms with Crippen molar-refractivity contribution in [3.05, 3.63) is 59.7 Å². The van der Waals surface area contributed by atoms with E-state index in [0.717, 1.165) is 57.3 Å². The van der Waals surface area contributed by atoms with Crippen molar-refractivity contribution in [1.82, 2.24) is 9.80 Å². The third kappa shape index (κ3) is 5.59. The van der Waals surface area contributed by atoms with E-state index in [1.807, 2.05) is 36.4 Å². The first-order chi connectivity index (χ1) is 14.7. The summed E-state index contributed by atoms with van der Waals surface area (Å²) in [5.41, 5.74) is 2.66. The van der Waals surface area contributed by atoms with E-state index in [1.54, 1.807) is 7.11 Å². The summed E-state index contributed by atoms with van der Waals surface area (Å²) < 4.78 is 10.9. The number of nitrogens with zero attached hydrogens (tertiary/aromatic N) is 2. The standard InChI is InChI=1S/C24H31N3O3/c1-29-22-10-8-21(9-11-22)25-24(28)20-6-4-19(5-7-20)17-26-12-14-27(15-13-26)18-23-3-2-16-30-23/h4-11,23H,2-3,12-18H2,1H3,(H,25,28). The molecule has 0 aromatic heterocycles. The highest BCUT2D eigenvalue weighted by molar-refractivity contribution is 6.04. The third-order valence-corrected chi connectivity index (χ3v) is 5.92. The molecule has 0 aliphatic carbocycles. The Hall–Kier alpha value is -2.41. The molecule has 1 atom stereocenters. The average molecular weight is 410 g/mol. The maximum absolute atomic E-state index is 12.5. The van der Waals surface area contributed by atoms with Crippen molar-refractivity contribution in [3.8, 4) is 5.75 Å². The first-order valence-electron chi connectivity index (χ1n) is 10.8. The molecule has 2 aromatic rings. The van der Waals surface area contributed by atoms with Crippen molar-refractivity contribution in [2.75, 3.05) is 51.8 Å². The van der Waals surface area contributed by atoms with E-state index < -0.39 is 0 Å². The molecule has 2 aliphatic heterocycles. The summed E-state index contributed by atoms with van der Waals surface area (Å²) in [6.45, 7) is 7.28. The van der Waals surface area contributed by atoms with Gasteiger partial charge in [0.15, 0.2) is 0 Å². The van der Waals surface area contributed by atoms with Crippen LogP contribution < -0.4 is 10.1 Å². The summed E-state index contributed by atoms with van der Waals surface area (Å²) in [6, 6.07) is 15.3. The van der Waals surface area contributed by atoms with Crippen LogP contribution >= 0.6 is 0 Å². The SMILES string of the molecule is COc1ccc(NC(=O)c2ccc(CN3CCN(CC4CCCO4)CC3)cc2)cc1. The molecule has 160 valence electrons. The molecule has 2 aliphatic rings. The van der Waals surface area contributed by atoms with Gasteiger partial charge < -0.3 is 14.8 Å². The van der Waals surface area contributed by atoms with Crippen molar-refractivity contribution in [3.63, 3.8) is 0 Å². The summed E-state index contributed by atoms with van der Waals surface area (Å²) in [6.07, 6.45) is 2.85. The van der Waals surface area contributed by atoms with Crippen LogP contribution in [0.15, 0.2) is 48.5 Å². The Kier molecular flexibility index (Phi) is 7.00. The monoisotopic (exact) mass is 409 g/mol. The van der Waals surface area contributed by atoms with E-state index in [1.165, 1.54) is 18.4 Å². The molecular formula is C24H31N3O3. The lowest BCUT2D eigenvalue weighted by atomic mass is 10.1. The number of methoxy groups -OCH3 is 1. The fraction of sp³-hybridized carbons (Fsp3) is 0.458. The molecule has 2 fully saturated rings. The molecule has 4 rings (SSSR count). The second kappa shape index (κ2) is 10.1. The first kappa shape index (κ1) is 20.8. The van der Waals surface area contributed by atoms with Gasteiger partial charge >= 0.3 is 0 Å². The van der Waals surface area contributed by atoms with Crippen LogP contribution in [0.25, 0.3) is 0 Å². The minimum absolute atomic E-state index is 0.102. The van der Waals surface area contributed by atoms with Crippen molar-refractivity contribution in [2.24, 2.45) is 0 Å². The van der Waals surface area contributed by atoms with Crippen molar-refractivity contribution in [1.29, 1.82) is 0 Å². The number of rotatable bonds is 7. The average Bonchev–Trinajstić information content (AvgIpc) is 3.29. The summed E-state index contributed by atoms with van der Waals surface area (Å²) in [5, 5.41) is 2.92. The minimum Gasteiger partial charge on any atom is -0.497 e. The number of hydrogen-bond acceptors (Lipinski definition) is 5. The predicted molar refractivity (Wildman–Crippen MR) is 118 cm³/mol. The Morgan fingerprint density at radius 3 is 2.37 bits per heavy atom. The summed E-state index contributed by atoms with van der Waals surface area (Å²) in [7, 11) is 1.63. The Morgan fingerprint density at radius 2 is 1.73 bits per heavy atom. The molecule has 2 saturated heterocycles. The zero-order valence-electron chi connectivity index (χ0n) is 17.7. The molecule has 1 unspecified atom stereocenters. The molecule has 0 bridgehead atoms. The molecule has 2 aromatic carbocycles. The van der Waals surface area contributed by atoms with E-state index in [9.17, 15) is 4.79 Å². The van der Waals surface area contributed by atoms with Gasteiger partial charge in [0.25, 0.3) is 5.91 Å². The van der Waals surface area contributed by atoms with Crippen LogP contribution in [-0.2, 0) is 11.3 Å². The first-order valence-corrected chi connectivity index (χ1v) is 10.8. The quantitative estimate of drug-likeness (QED) is 0.761. The Balaban J connectivity index is 1.23. The van der Waals surface area contributed by atoms with E-state index in [4.69, 9.17) is 9.47 Å². The van der Waals surface area contributed by atoms with Gasteiger partial charge in [0.1, 0.15) is 5.75 Å². The van der Waals surface area contributed by atoms with Gasteiger partial charge in [0.2, 0.25) is 0 Å². The van der Waals surface area contributed by atoms with Gasteiger partial charge in [0.05, 0.1) is 13.2 Å². The topological polar surface area (TPSA) is 54.0 Å². The summed E-state index contributed by atoms with van der Waals surface area (Å²) >= 11 is 0. The van der Waals surface area contributed by atoms with Gasteiger partial charge in [-0.1, -0.05) is 12.1 Å². The number of piperazine rings is 1. The highest BCUT2D eigenvalue weighted by Crippen LogP contribution is 2.17. The smallest absolute Gasteiger partial charge is 0.255 e. The Bertz CT molecular complexity index is 809. The van der Waals surface area contributed by atoms with Crippen LogP contribution in [-0.4, -0.2) is 68.3 Å². The lowest BCUT2D eigenvalue weighted by molar-refractivity contribution is 0.0489. The zero-order valence-corrected chi connectivity index (χ0v) is 17.7. The lowest BCUT2D eigenvalue weighted by Gasteiger charge is -2.35. The number of amides is 1. The number of carbonyl (C=O) groups is 1. The number of carbonyl (C=O) groups excluding carboxylic acids is 1. The maximum atomic E-state index is 12.5. The summed E-state index contributed by atoms with van der Waals surface area (Å²) in [5.74, 6) is 0.666. The molecule has 6 heteroatoms. The van der Waals surface area contributed by atoms with E-state index in [-0.39, 0.29) is 5.91 Å². The molecule has 2 heterocycles. The molecule has 1 amide bonds. The van der Waals surface area contributed by atoms with Crippen molar-refractivity contribution < 1.29 is 14.3 Å². The van der Waals surface area contributed by atoms with Crippen LogP contribution in [0.4, 0.5) is 5.69 Å². The summed E-state index contributed by atoms with van der Waals surface area (Å²) in [4.78, 5) is 17.5. The van der Waals surface area contributed by atoms with Crippen molar-refractivity contribution >= 4 is 11.6 Å². The number of nitrogens with one attached hydrogen (secondary N) is 1. The van der Waals surface area contributed by atoms with E-state index >= 15 is 0 Å². The van der Waals surface area contributed by atoms with Gasteiger partial charge in [0, 0.05) is 57.1 Å². The number of hydrogen-bond donors (Lipinski definition) is 1. The number of anilines is 1. The van der Waals surface area contributed by atoms with Crippen LogP contribution in [0.3, 0.4) is 0 Å². The largest absolute Gasteiger partial charge is 0.497 e. The maximum Gasteiger partial charge on any atom is 0.255 e. The third-order valence-electron chi connectivity index (χ3n) is 5.92. The molecule has 0 radical (unpaired) electrons. The molecule has 1 N–H and O–H groups in total. The molecular weight excluding hydrogens is 378 g/mol. The molecule has 0 saturated carbocycles. The zero-order chi connectivity index (χ0) is 20.8. The second-order valence-corrected chi connectivity index (χ2v) is 8.09. The van der Waals surface area contributed by atoms with Gasteiger partial charge in [-0.05, 0) is 54.8 Å². The van der Waals surface area contributed by atoms with Crippen LogP contribution in [0.1, 0.15) is 28.8 Å². The van der Waals surface area contributed by atoms with E-state index in [0.29, 0.717) is 11.7 Å². The minimum atomic E-state index is -0.102. The second-order valence-electron chi connectivity index (χ2n) is 8.09. The van der Waals surface area contributed by atoms with Crippen molar-refractivity contribution in [2.45, 2.75) is 25.5 Å². The highest BCUT2D eigenvalue weighted by Gasteiger charge is 2.22. The van der Waals surface area contributed by atoms with Gasteiger partial charge in [-0.3, -0.25) is 14.6 Å². The van der Waals surface area contributed by atoms with Crippen LogP contribution in [0, 0.1) is 0 Å². The number of benzene rings is 2. The van der Waals surface area contributed by atoms with Crippen LogP contribution in [0.5, 0.6) is 5.75 Å². The lowest BCUT2D eigenvalue weighted by Crippen LogP contribution is -2.48. The highest BCUT2D eigenvalue weighted by atomic mass is 16.5. The Labute approximate surface area is 178 Å². The van der Waals surface area contributed by atoms with Gasteiger partial charge in [-0.25, -0.2) is 0 Å². The normalized spacial score (nSPS) is 20.2. The molecule has 30 heavy (non-hydrogen) atoms. The molecule has 0 spiro atoms.